The van der Waals surface area contributed by atoms with Gasteiger partial charge < -0.3 is 14.5 Å². The van der Waals surface area contributed by atoms with E-state index in [0.29, 0.717) is 50.6 Å². The number of hydrogen-bond acceptors (Lipinski definition) is 7. The van der Waals surface area contributed by atoms with Crippen molar-refractivity contribution < 1.29 is 22.3 Å². The van der Waals surface area contributed by atoms with E-state index in [2.05, 4.69) is 11.1 Å². The minimum atomic E-state index is -3.70. The molecule has 0 aliphatic carbocycles. The van der Waals surface area contributed by atoms with Crippen molar-refractivity contribution in [2.75, 3.05) is 47.7 Å². The summed E-state index contributed by atoms with van der Waals surface area (Å²) in [4.78, 5) is 19.9. The summed E-state index contributed by atoms with van der Waals surface area (Å²) in [7, 11) is -3.70. The van der Waals surface area contributed by atoms with Crippen molar-refractivity contribution in [2.45, 2.75) is 26.8 Å². The van der Waals surface area contributed by atoms with Crippen LogP contribution in [0.4, 0.5) is 20.7 Å². The molecule has 0 saturated carbocycles. The van der Waals surface area contributed by atoms with Crippen molar-refractivity contribution in [2.24, 2.45) is 0 Å². The third-order valence-electron chi connectivity index (χ3n) is 5.40. The van der Waals surface area contributed by atoms with Gasteiger partial charge in [-0.1, -0.05) is 19.1 Å². The number of hydrogen-bond donors (Lipinski definition) is 0. The van der Waals surface area contributed by atoms with Crippen LogP contribution in [0.1, 0.15) is 31.4 Å². The fourth-order valence-electron chi connectivity index (χ4n) is 3.71. The summed E-state index contributed by atoms with van der Waals surface area (Å²) >= 11 is 0. The number of nitriles is 1. The van der Waals surface area contributed by atoms with Gasteiger partial charge in [0.15, 0.2) is 0 Å². The van der Waals surface area contributed by atoms with E-state index in [4.69, 9.17) is 4.74 Å². The zero-order chi connectivity index (χ0) is 24.7. The summed E-state index contributed by atoms with van der Waals surface area (Å²) < 4.78 is 45.6. The van der Waals surface area contributed by atoms with Crippen molar-refractivity contribution in [3.63, 3.8) is 0 Å². The smallest absolute Gasteiger partial charge is 0.409 e. The molecule has 0 bridgehead atoms. The minimum Gasteiger partial charge on any atom is -0.450 e. The second-order valence-corrected chi connectivity index (χ2v) is 9.81. The van der Waals surface area contributed by atoms with Crippen molar-refractivity contribution in [1.82, 2.24) is 9.88 Å². The Morgan fingerprint density at radius 2 is 1.88 bits per heavy atom. The number of pyridine rings is 1. The summed E-state index contributed by atoms with van der Waals surface area (Å²) in [6, 6.07) is 9.23. The lowest BCUT2D eigenvalue weighted by Crippen LogP contribution is -2.49. The van der Waals surface area contributed by atoms with Gasteiger partial charge in [-0.05, 0) is 37.1 Å². The van der Waals surface area contributed by atoms with Gasteiger partial charge in [-0.2, -0.15) is 5.26 Å². The molecule has 0 spiro atoms. The Balaban J connectivity index is 1.87. The van der Waals surface area contributed by atoms with Crippen molar-refractivity contribution in [3.8, 4) is 6.07 Å². The summed E-state index contributed by atoms with van der Waals surface area (Å²) in [6.07, 6.45) is 1.48. The van der Waals surface area contributed by atoms with E-state index < -0.39 is 15.8 Å². The summed E-state index contributed by atoms with van der Waals surface area (Å²) in [5, 5.41) is 9.78. The Labute approximate surface area is 199 Å². The lowest BCUT2D eigenvalue weighted by molar-refractivity contribution is 0.105. The molecule has 9 nitrogen and oxygen atoms in total. The third-order valence-corrected chi connectivity index (χ3v) is 7.34. The van der Waals surface area contributed by atoms with Crippen LogP contribution in [0.25, 0.3) is 0 Å². The van der Waals surface area contributed by atoms with Gasteiger partial charge in [0.25, 0.3) is 0 Å². The SMILES string of the molecule is CCCS(=O)(=O)N(Cc1ccc(F)cc1)c1cnc(N2CCN(C(=O)OCC)CC2)c(C#N)c1. The molecule has 2 heterocycles. The van der Waals surface area contributed by atoms with Gasteiger partial charge in [0, 0.05) is 26.2 Å². The zero-order valence-electron chi connectivity index (χ0n) is 19.3. The predicted octanol–water partition coefficient (Wildman–Crippen LogP) is 3.12. The molecule has 0 N–H and O–H groups in total. The molecular weight excluding hydrogens is 461 g/mol. The maximum Gasteiger partial charge on any atom is 0.409 e. The number of aromatic nitrogens is 1. The maximum atomic E-state index is 13.3. The molecule has 1 aromatic carbocycles. The molecule has 1 aromatic heterocycles. The zero-order valence-corrected chi connectivity index (χ0v) is 20.1. The molecular formula is C23H28FN5O4S. The minimum absolute atomic E-state index is 0.00722. The van der Waals surface area contributed by atoms with E-state index in [1.165, 1.54) is 40.8 Å². The van der Waals surface area contributed by atoms with Gasteiger partial charge in [-0.15, -0.1) is 0 Å². The Kier molecular flexibility index (Phi) is 8.28. The highest BCUT2D eigenvalue weighted by Crippen LogP contribution is 2.27. The van der Waals surface area contributed by atoms with E-state index in [-0.39, 0.29) is 29.6 Å². The number of carbonyl (C=O) groups is 1. The molecule has 2 aromatic rings. The molecule has 1 aliphatic rings. The number of amides is 1. The normalized spacial score (nSPS) is 13.9. The number of sulfonamides is 1. The fourth-order valence-corrected chi connectivity index (χ4v) is 5.21. The van der Waals surface area contributed by atoms with E-state index in [9.17, 15) is 22.9 Å². The van der Waals surface area contributed by atoms with Crippen LogP contribution >= 0.6 is 0 Å². The first-order valence-corrected chi connectivity index (χ1v) is 12.7. The number of anilines is 2. The van der Waals surface area contributed by atoms with Gasteiger partial charge >= 0.3 is 6.09 Å². The van der Waals surface area contributed by atoms with E-state index in [0.717, 1.165) is 0 Å². The van der Waals surface area contributed by atoms with Crippen LogP contribution in [0.15, 0.2) is 36.5 Å². The van der Waals surface area contributed by atoms with E-state index in [1.807, 2.05) is 4.90 Å². The first kappa shape index (κ1) is 25.2. The molecule has 11 heteroatoms. The van der Waals surface area contributed by atoms with Gasteiger partial charge in [0.1, 0.15) is 17.7 Å². The van der Waals surface area contributed by atoms with Gasteiger partial charge in [0.05, 0.1) is 36.4 Å². The molecule has 1 amide bonds. The van der Waals surface area contributed by atoms with Crippen LogP contribution in [0.2, 0.25) is 0 Å². The van der Waals surface area contributed by atoms with Crippen LogP contribution in [0.5, 0.6) is 0 Å². The first-order chi connectivity index (χ1) is 16.3. The standard InChI is InChI=1S/C23H28FN5O4S/c1-3-13-34(31,32)29(17-18-5-7-20(24)8-6-18)21-14-19(15-25)22(26-16-21)27-9-11-28(12-10-27)23(30)33-4-2/h5-8,14,16H,3-4,9-13,17H2,1-2H3. The second-order valence-electron chi connectivity index (χ2n) is 7.80. The third kappa shape index (κ3) is 5.94. The highest BCUT2D eigenvalue weighted by Gasteiger charge is 2.27. The molecule has 1 saturated heterocycles. The monoisotopic (exact) mass is 489 g/mol. The Bertz CT molecular complexity index is 1140. The molecule has 182 valence electrons. The molecule has 0 radical (unpaired) electrons. The number of benzene rings is 1. The van der Waals surface area contributed by atoms with Crippen molar-refractivity contribution in [1.29, 1.82) is 5.26 Å². The van der Waals surface area contributed by atoms with Crippen molar-refractivity contribution >= 4 is 27.6 Å². The number of halogens is 1. The summed E-state index contributed by atoms with van der Waals surface area (Å²) in [5.74, 6) is -0.0508. The largest absolute Gasteiger partial charge is 0.450 e. The fraction of sp³-hybridized carbons (Fsp3) is 0.435. The predicted molar refractivity (Wildman–Crippen MR) is 126 cm³/mol. The molecule has 3 rings (SSSR count). The molecule has 1 aliphatic heterocycles. The average Bonchev–Trinajstić information content (AvgIpc) is 2.83. The van der Waals surface area contributed by atoms with Crippen LogP contribution < -0.4 is 9.21 Å². The van der Waals surface area contributed by atoms with Crippen LogP contribution in [-0.4, -0.2) is 62.9 Å². The summed E-state index contributed by atoms with van der Waals surface area (Å²) in [6.45, 7) is 5.59. The van der Waals surface area contributed by atoms with E-state index in [1.54, 1.807) is 18.7 Å². The van der Waals surface area contributed by atoms with Gasteiger partial charge in [-0.3, -0.25) is 4.31 Å². The number of ether oxygens (including phenoxy) is 1. The molecule has 34 heavy (non-hydrogen) atoms. The molecule has 0 atom stereocenters. The number of rotatable bonds is 8. The van der Waals surface area contributed by atoms with Crippen LogP contribution in [0, 0.1) is 17.1 Å². The van der Waals surface area contributed by atoms with Crippen molar-refractivity contribution in [3.05, 3.63) is 53.5 Å². The topological polar surface area (TPSA) is 107 Å². The van der Waals surface area contributed by atoms with Crippen LogP contribution in [0.3, 0.4) is 0 Å². The lowest BCUT2D eigenvalue weighted by atomic mass is 10.2. The Morgan fingerprint density at radius 3 is 2.47 bits per heavy atom. The maximum absolute atomic E-state index is 13.3. The summed E-state index contributed by atoms with van der Waals surface area (Å²) in [5.41, 5.74) is 1.11. The quantitative estimate of drug-likeness (QED) is 0.561. The first-order valence-electron chi connectivity index (χ1n) is 11.1. The number of carbonyl (C=O) groups excluding carboxylic acids is 1. The highest BCUT2D eigenvalue weighted by molar-refractivity contribution is 7.92. The number of piperazine rings is 1. The molecule has 0 unspecified atom stereocenters. The lowest BCUT2D eigenvalue weighted by Gasteiger charge is -2.35. The average molecular weight is 490 g/mol. The molecule has 1 fully saturated rings. The highest BCUT2D eigenvalue weighted by atomic mass is 32.2. The Morgan fingerprint density at radius 1 is 1.21 bits per heavy atom. The van der Waals surface area contributed by atoms with Crippen LogP contribution in [-0.2, 0) is 21.3 Å². The van der Waals surface area contributed by atoms with Gasteiger partial charge in [-0.25, -0.2) is 22.6 Å². The van der Waals surface area contributed by atoms with E-state index >= 15 is 0 Å². The van der Waals surface area contributed by atoms with Gasteiger partial charge in [0.2, 0.25) is 10.0 Å². The Hall–Kier alpha value is -3.39. The second kappa shape index (κ2) is 11.2. The number of nitrogens with zero attached hydrogens (tertiary/aromatic N) is 5.